The molecule has 0 saturated carbocycles. The molecule has 0 aliphatic rings. The van der Waals surface area contributed by atoms with Crippen molar-refractivity contribution in [2.24, 2.45) is 5.41 Å². The van der Waals surface area contributed by atoms with E-state index in [4.69, 9.17) is 4.74 Å². The highest BCUT2D eigenvalue weighted by atomic mass is 19.4. The van der Waals surface area contributed by atoms with Crippen molar-refractivity contribution in [3.05, 3.63) is 59.2 Å². The largest absolute Gasteiger partial charge is 0.489 e. The van der Waals surface area contributed by atoms with Crippen LogP contribution < -0.4 is 9.64 Å². The lowest BCUT2D eigenvalue weighted by atomic mass is 9.86. The first kappa shape index (κ1) is 23.4. The molecule has 0 spiro atoms. The normalized spacial score (nSPS) is 11.9. The molecule has 0 heterocycles. The van der Waals surface area contributed by atoms with E-state index in [1.807, 2.05) is 20.8 Å². The van der Waals surface area contributed by atoms with Crippen LogP contribution in [0.4, 0.5) is 18.9 Å². The fraction of sp³-hybridized carbons (Fsp3) is 0.391. The Labute approximate surface area is 174 Å². The summed E-state index contributed by atoms with van der Waals surface area (Å²) in [7, 11) is 1.65. The van der Waals surface area contributed by atoms with E-state index >= 15 is 0 Å². The summed E-state index contributed by atoms with van der Waals surface area (Å²) in [5.41, 5.74) is -0.123. The summed E-state index contributed by atoms with van der Waals surface area (Å²) in [6, 6.07) is 9.88. The van der Waals surface area contributed by atoms with Gasteiger partial charge in [0.25, 0.3) is 0 Å². The molecule has 0 fully saturated rings. The van der Waals surface area contributed by atoms with Crippen molar-refractivity contribution < 1.29 is 27.5 Å². The van der Waals surface area contributed by atoms with Crippen LogP contribution in [-0.4, -0.2) is 18.7 Å². The lowest BCUT2D eigenvalue weighted by Crippen LogP contribution is -2.22. The minimum atomic E-state index is -4.53. The average molecular weight is 421 g/mol. The first-order chi connectivity index (χ1) is 13.8. The number of benzene rings is 2. The Morgan fingerprint density at radius 1 is 1.00 bits per heavy atom. The summed E-state index contributed by atoms with van der Waals surface area (Å²) < 4.78 is 45.1. The Bertz CT molecular complexity index is 913. The number of carbonyl (C=O) groups is 2. The van der Waals surface area contributed by atoms with Crippen LogP contribution in [0.25, 0.3) is 0 Å². The summed E-state index contributed by atoms with van der Waals surface area (Å²) >= 11 is 0. The first-order valence-corrected chi connectivity index (χ1v) is 9.48. The van der Waals surface area contributed by atoms with Gasteiger partial charge in [0.2, 0.25) is 5.91 Å². The van der Waals surface area contributed by atoms with Gasteiger partial charge in [0.15, 0.2) is 5.78 Å². The first-order valence-electron chi connectivity index (χ1n) is 9.48. The molecule has 2 aromatic carbocycles. The lowest BCUT2D eigenvalue weighted by Gasteiger charge is -2.19. The van der Waals surface area contributed by atoms with Crippen LogP contribution in [0, 0.1) is 5.41 Å². The molecule has 0 aromatic heterocycles. The highest BCUT2D eigenvalue weighted by Gasteiger charge is 2.32. The van der Waals surface area contributed by atoms with Gasteiger partial charge >= 0.3 is 6.18 Å². The number of hydrogen-bond donors (Lipinski definition) is 0. The number of carbonyl (C=O) groups excluding carboxylic acids is 2. The van der Waals surface area contributed by atoms with E-state index in [1.54, 1.807) is 31.3 Å². The summed E-state index contributed by atoms with van der Waals surface area (Å²) in [4.78, 5) is 25.6. The number of Topliss-reactive ketones (excluding diaryl/α,β-unsaturated/α-hetero) is 1. The van der Waals surface area contributed by atoms with Crippen molar-refractivity contribution in [3.63, 3.8) is 0 Å². The van der Waals surface area contributed by atoms with Crippen LogP contribution in [0.2, 0.25) is 0 Å². The third-order valence-electron chi connectivity index (χ3n) is 4.52. The number of amides is 1. The van der Waals surface area contributed by atoms with Crippen molar-refractivity contribution in [3.8, 4) is 5.75 Å². The number of anilines is 1. The molecule has 7 heteroatoms. The van der Waals surface area contributed by atoms with Gasteiger partial charge in [-0.1, -0.05) is 26.8 Å². The summed E-state index contributed by atoms with van der Waals surface area (Å²) in [6.45, 7) is 6.97. The number of halogens is 3. The minimum absolute atomic E-state index is 0.0210. The molecule has 0 aliphatic heterocycles. The summed E-state index contributed by atoms with van der Waals surface area (Å²) in [6.07, 6.45) is -4.41. The van der Waals surface area contributed by atoms with Crippen molar-refractivity contribution in [1.29, 1.82) is 0 Å². The molecule has 2 rings (SSSR count). The highest BCUT2D eigenvalue weighted by molar-refractivity contribution is 5.98. The van der Waals surface area contributed by atoms with E-state index in [0.29, 0.717) is 17.0 Å². The Morgan fingerprint density at radius 3 is 2.10 bits per heavy atom. The molecule has 0 aliphatic carbocycles. The smallest absolute Gasteiger partial charge is 0.416 e. The van der Waals surface area contributed by atoms with E-state index in [1.165, 1.54) is 17.9 Å². The van der Waals surface area contributed by atoms with Crippen molar-refractivity contribution in [2.45, 2.75) is 46.9 Å². The van der Waals surface area contributed by atoms with Gasteiger partial charge in [-0.3, -0.25) is 9.59 Å². The number of rotatable bonds is 6. The minimum Gasteiger partial charge on any atom is -0.489 e. The molecule has 2 aromatic rings. The van der Waals surface area contributed by atoms with E-state index in [2.05, 4.69) is 0 Å². The van der Waals surface area contributed by atoms with E-state index in [9.17, 15) is 22.8 Å². The fourth-order valence-corrected chi connectivity index (χ4v) is 2.82. The predicted molar refractivity (Wildman–Crippen MR) is 110 cm³/mol. The van der Waals surface area contributed by atoms with Crippen LogP contribution in [0.5, 0.6) is 5.75 Å². The standard InChI is InChI=1S/C23H26F3NO3/c1-15(28)27(5)18-8-10-19(11-9-18)30-14-16-6-7-17(23(24,25)26)12-20(16)21(29)13-22(2,3)4/h6-12H,13-14H2,1-5H3. The Kier molecular flexibility index (Phi) is 6.95. The summed E-state index contributed by atoms with van der Waals surface area (Å²) in [5.74, 6) is 0.00544. The highest BCUT2D eigenvalue weighted by Crippen LogP contribution is 2.32. The number of ether oxygens (including phenoxy) is 1. The monoisotopic (exact) mass is 421 g/mol. The number of alkyl halides is 3. The maximum Gasteiger partial charge on any atom is 0.416 e. The molecule has 0 saturated heterocycles. The predicted octanol–water partition coefficient (Wildman–Crippen LogP) is 5.89. The van der Waals surface area contributed by atoms with E-state index in [-0.39, 0.29) is 35.7 Å². The molecule has 0 unspecified atom stereocenters. The zero-order valence-corrected chi connectivity index (χ0v) is 17.8. The van der Waals surface area contributed by atoms with Gasteiger partial charge in [0, 0.05) is 37.2 Å². The number of hydrogen-bond acceptors (Lipinski definition) is 3. The van der Waals surface area contributed by atoms with Gasteiger partial charge in [-0.15, -0.1) is 0 Å². The van der Waals surface area contributed by atoms with Crippen molar-refractivity contribution >= 4 is 17.4 Å². The van der Waals surface area contributed by atoms with Gasteiger partial charge in [-0.05, 0) is 41.8 Å². The second-order valence-corrected chi connectivity index (χ2v) is 8.39. The molecule has 0 atom stereocenters. The molecular formula is C23H26F3NO3. The van der Waals surface area contributed by atoms with Crippen molar-refractivity contribution in [2.75, 3.05) is 11.9 Å². The third kappa shape index (κ3) is 6.34. The Balaban J connectivity index is 2.25. The maximum atomic E-state index is 13.1. The third-order valence-corrected chi connectivity index (χ3v) is 4.52. The lowest BCUT2D eigenvalue weighted by molar-refractivity contribution is -0.137. The second kappa shape index (κ2) is 8.90. The van der Waals surface area contributed by atoms with Crippen LogP contribution in [0.1, 0.15) is 55.6 Å². The van der Waals surface area contributed by atoms with Gasteiger partial charge in [-0.2, -0.15) is 13.2 Å². The van der Waals surface area contributed by atoms with Gasteiger partial charge in [0.05, 0.1) is 5.56 Å². The second-order valence-electron chi connectivity index (χ2n) is 8.39. The fourth-order valence-electron chi connectivity index (χ4n) is 2.82. The molecule has 30 heavy (non-hydrogen) atoms. The average Bonchev–Trinajstić information content (AvgIpc) is 2.63. The maximum absolute atomic E-state index is 13.1. The van der Waals surface area contributed by atoms with Crippen LogP contribution >= 0.6 is 0 Å². The quantitative estimate of drug-likeness (QED) is 0.547. The molecule has 1 amide bonds. The van der Waals surface area contributed by atoms with Crippen LogP contribution in [-0.2, 0) is 17.6 Å². The molecule has 0 N–H and O–H groups in total. The molecular weight excluding hydrogens is 395 g/mol. The molecule has 162 valence electrons. The Morgan fingerprint density at radius 2 is 1.60 bits per heavy atom. The molecule has 4 nitrogen and oxygen atoms in total. The summed E-state index contributed by atoms with van der Waals surface area (Å²) in [5, 5.41) is 0. The topological polar surface area (TPSA) is 46.6 Å². The SMILES string of the molecule is CC(=O)N(C)c1ccc(OCc2ccc(C(F)(F)F)cc2C(=O)CC(C)(C)C)cc1. The zero-order valence-electron chi connectivity index (χ0n) is 17.8. The van der Waals surface area contributed by atoms with E-state index < -0.39 is 11.7 Å². The van der Waals surface area contributed by atoms with E-state index in [0.717, 1.165) is 12.1 Å². The van der Waals surface area contributed by atoms with Crippen molar-refractivity contribution in [1.82, 2.24) is 0 Å². The number of ketones is 1. The number of nitrogens with zero attached hydrogens (tertiary/aromatic N) is 1. The molecule has 0 bridgehead atoms. The zero-order chi connectivity index (χ0) is 22.7. The van der Waals surface area contributed by atoms with Gasteiger partial charge in [0.1, 0.15) is 12.4 Å². The van der Waals surface area contributed by atoms with Gasteiger partial charge in [-0.25, -0.2) is 0 Å². The van der Waals surface area contributed by atoms with Crippen LogP contribution in [0.15, 0.2) is 42.5 Å². The van der Waals surface area contributed by atoms with Crippen LogP contribution in [0.3, 0.4) is 0 Å². The molecule has 0 radical (unpaired) electrons. The van der Waals surface area contributed by atoms with Gasteiger partial charge < -0.3 is 9.64 Å². The Hall–Kier alpha value is -2.83.